The van der Waals surface area contributed by atoms with Crippen molar-refractivity contribution in [3.63, 3.8) is 0 Å². The minimum absolute atomic E-state index is 0.0856. The third-order valence-electron chi connectivity index (χ3n) is 3.14. The maximum atomic E-state index is 13.2. The van der Waals surface area contributed by atoms with Crippen LogP contribution in [-0.4, -0.2) is 31.9 Å². The lowest BCUT2D eigenvalue weighted by atomic mass is 10.2. The van der Waals surface area contributed by atoms with E-state index < -0.39 is 5.82 Å². The fourth-order valence-electron chi connectivity index (χ4n) is 2.11. The molecule has 1 aliphatic heterocycles. The standard InChI is InChI=1S/C14H19ClFNO2/c1-2-17-8-11-3-4-12(19-11)9-18-10-5-6-13(15)14(16)7-10/h5-7,11-12,17H,2-4,8-9H2,1H3. The zero-order valence-electron chi connectivity index (χ0n) is 11.0. The molecule has 5 heteroatoms. The van der Waals surface area contributed by atoms with E-state index in [2.05, 4.69) is 12.2 Å². The van der Waals surface area contributed by atoms with Crippen molar-refractivity contribution < 1.29 is 13.9 Å². The van der Waals surface area contributed by atoms with E-state index in [4.69, 9.17) is 21.1 Å². The number of likely N-dealkylation sites (N-methyl/N-ethyl adjacent to an activating group) is 1. The fraction of sp³-hybridized carbons (Fsp3) is 0.571. The Morgan fingerprint density at radius 3 is 2.95 bits per heavy atom. The van der Waals surface area contributed by atoms with Gasteiger partial charge in [0.15, 0.2) is 0 Å². The minimum atomic E-state index is -0.462. The highest BCUT2D eigenvalue weighted by molar-refractivity contribution is 6.30. The van der Waals surface area contributed by atoms with Gasteiger partial charge in [0.1, 0.15) is 18.2 Å². The summed E-state index contributed by atoms with van der Waals surface area (Å²) in [6.45, 7) is 4.35. The maximum absolute atomic E-state index is 13.2. The highest BCUT2D eigenvalue weighted by Gasteiger charge is 2.25. The van der Waals surface area contributed by atoms with Gasteiger partial charge in [-0.3, -0.25) is 0 Å². The van der Waals surface area contributed by atoms with Gasteiger partial charge in [0.25, 0.3) is 0 Å². The zero-order valence-corrected chi connectivity index (χ0v) is 11.8. The van der Waals surface area contributed by atoms with E-state index in [0.29, 0.717) is 12.4 Å². The van der Waals surface area contributed by atoms with Crippen LogP contribution in [0, 0.1) is 5.82 Å². The molecule has 0 bridgehead atoms. The molecule has 106 valence electrons. The molecule has 1 N–H and O–H groups in total. The second-order valence-corrected chi connectivity index (χ2v) is 5.06. The Morgan fingerprint density at radius 2 is 2.21 bits per heavy atom. The molecular formula is C14H19ClFNO2. The Bertz CT molecular complexity index is 416. The fourth-order valence-corrected chi connectivity index (χ4v) is 2.23. The van der Waals surface area contributed by atoms with Crippen LogP contribution in [0.1, 0.15) is 19.8 Å². The summed E-state index contributed by atoms with van der Waals surface area (Å²) in [4.78, 5) is 0. The molecule has 0 spiro atoms. The third kappa shape index (κ3) is 4.34. The van der Waals surface area contributed by atoms with E-state index >= 15 is 0 Å². The van der Waals surface area contributed by atoms with Gasteiger partial charge in [0, 0.05) is 12.6 Å². The van der Waals surface area contributed by atoms with Crippen LogP contribution in [0.2, 0.25) is 5.02 Å². The predicted octanol–water partition coefficient (Wildman–Crippen LogP) is 3.02. The lowest BCUT2D eigenvalue weighted by Crippen LogP contribution is -2.28. The van der Waals surface area contributed by atoms with Crippen molar-refractivity contribution in [2.75, 3.05) is 19.7 Å². The average molecular weight is 288 g/mol. The zero-order chi connectivity index (χ0) is 13.7. The van der Waals surface area contributed by atoms with Gasteiger partial charge >= 0.3 is 0 Å². The molecule has 1 fully saturated rings. The molecular weight excluding hydrogens is 269 g/mol. The van der Waals surface area contributed by atoms with Crippen LogP contribution >= 0.6 is 11.6 Å². The average Bonchev–Trinajstić information content (AvgIpc) is 2.86. The van der Waals surface area contributed by atoms with Crippen molar-refractivity contribution in [2.24, 2.45) is 0 Å². The van der Waals surface area contributed by atoms with Gasteiger partial charge in [-0.15, -0.1) is 0 Å². The first kappa shape index (κ1) is 14.6. The molecule has 1 aromatic carbocycles. The summed E-state index contributed by atoms with van der Waals surface area (Å²) in [5.74, 6) is 0.0252. The summed E-state index contributed by atoms with van der Waals surface area (Å²) in [7, 11) is 0. The molecule has 0 amide bonds. The number of nitrogens with one attached hydrogen (secondary N) is 1. The van der Waals surface area contributed by atoms with Crippen LogP contribution in [-0.2, 0) is 4.74 Å². The van der Waals surface area contributed by atoms with E-state index in [9.17, 15) is 4.39 Å². The van der Waals surface area contributed by atoms with Gasteiger partial charge in [-0.05, 0) is 31.5 Å². The first-order valence-electron chi connectivity index (χ1n) is 6.63. The van der Waals surface area contributed by atoms with Gasteiger partial charge < -0.3 is 14.8 Å². The minimum Gasteiger partial charge on any atom is -0.491 e. The molecule has 2 rings (SSSR count). The van der Waals surface area contributed by atoms with Crippen molar-refractivity contribution >= 4 is 11.6 Å². The number of benzene rings is 1. The quantitative estimate of drug-likeness (QED) is 0.872. The summed E-state index contributed by atoms with van der Waals surface area (Å²) < 4.78 is 24.6. The SMILES string of the molecule is CCNCC1CCC(COc2ccc(Cl)c(F)c2)O1. The second kappa shape index (κ2) is 7.08. The Labute approximate surface area is 118 Å². The largest absolute Gasteiger partial charge is 0.491 e. The van der Waals surface area contributed by atoms with Gasteiger partial charge in [-0.25, -0.2) is 4.39 Å². The monoisotopic (exact) mass is 287 g/mol. The van der Waals surface area contributed by atoms with Crippen LogP contribution in [0.15, 0.2) is 18.2 Å². The highest BCUT2D eigenvalue weighted by atomic mass is 35.5. The highest BCUT2D eigenvalue weighted by Crippen LogP contribution is 2.23. The van der Waals surface area contributed by atoms with Crippen molar-refractivity contribution in [2.45, 2.75) is 32.0 Å². The van der Waals surface area contributed by atoms with Crippen LogP contribution < -0.4 is 10.1 Å². The summed E-state index contributed by atoms with van der Waals surface area (Å²) in [5, 5.41) is 3.37. The van der Waals surface area contributed by atoms with Gasteiger partial charge in [0.05, 0.1) is 17.2 Å². The number of ether oxygens (including phenoxy) is 2. The molecule has 1 saturated heterocycles. The van der Waals surface area contributed by atoms with Gasteiger partial charge in [-0.2, -0.15) is 0 Å². The Morgan fingerprint density at radius 1 is 1.42 bits per heavy atom. The summed E-state index contributed by atoms with van der Waals surface area (Å²) in [5.41, 5.74) is 0. The lowest BCUT2D eigenvalue weighted by molar-refractivity contribution is 0.0187. The lowest BCUT2D eigenvalue weighted by Gasteiger charge is -2.15. The maximum Gasteiger partial charge on any atom is 0.145 e. The van der Waals surface area contributed by atoms with Gasteiger partial charge in [0.2, 0.25) is 0 Å². The molecule has 19 heavy (non-hydrogen) atoms. The number of halogens is 2. The van der Waals surface area contributed by atoms with Crippen LogP contribution in [0.4, 0.5) is 4.39 Å². The first-order chi connectivity index (χ1) is 9.19. The molecule has 0 radical (unpaired) electrons. The second-order valence-electron chi connectivity index (χ2n) is 4.65. The topological polar surface area (TPSA) is 30.5 Å². The van der Waals surface area contributed by atoms with Gasteiger partial charge in [-0.1, -0.05) is 18.5 Å². The smallest absolute Gasteiger partial charge is 0.145 e. The Hall–Kier alpha value is -0.840. The van der Waals surface area contributed by atoms with Crippen LogP contribution in [0.5, 0.6) is 5.75 Å². The van der Waals surface area contributed by atoms with Crippen molar-refractivity contribution in [1.82, 2.24) is 5.32 Å². The third-order valence-corrected chi connectivity index (χ3v) is 3.45. The molecule has 3 nitrogen and oxygen atoms in total. The predicted molar refractivity (Wildman–Crippen MR) is 73.3 cm³/mol. The summed E-state index contributed by atoms with van der Waals surface area (Å²) in [6, 6.07) is 4.46. The molecule has 2 unspecified atom stereocenters. The normalized spacial score (nSPS) is 22.7. The van der Waals surface area contributed by atoms with E-state index in [1.807, 2.05) is 0 Å². The molecule has 0 aromatic heterocycles. The van der Waals surface area contributed by atoms with E-state index in [1.54, 1.807) is 6.07 Å². The molecule has 0 saturated carbocycles. The van der Waals surface area contributed by atoms with Crippen molar-refractivity contribution in [3.05, 3.63) is 29.0 Å². The Balaban J connectivity index is 1.75. The molecule has 1 aliphatic rings. The Kier molecular flexibility index (Phi) is 5.43. The van der Waals surface area contributed by atoms with Crippen molar-refractivity contribution in [1.29, 1.82) is 0 Å². The van der Waals surface area contributed by atoms with E-state index in [0.717, 1.165) is 25.9 Å². The van der Waals surface area contributed by atoms with E-state index in [1.165, 1.54) is 12.1 Å². The first-order valence-corrected chi connectivity index (χ1v) is 7.01. The molecule has 1 heterocycles. The molecule has 0 aliphatic carbocycles. The van der Waals surface area contributed by atoms with Crippen LogP contribution in [0.3, 0.4) is 0 Å². The number of hydrogen-bond donors (Lipinski definition) is 1. The molecule has 2 atom stereocenters. The number of rotatable bonds is 6. The summed E-state index contributed by atoms with van der Waals surface area (Å²) >= 11 is 5.61. The van der Waals surface area contributed by atoms with Crippen LogP contribution in [0.25, 0.3) is 0 Å². The number of hydrogen-bond acceptors (Lipinski definition) is 3. The summed E-state index contributed by atoms with van der Waals surface area (Å²) in [6.07, 6.45) is 2.36. The van der Waals surface area contributed by atoms with E-state index in [-0.39, 0.29) is 17.2 Å². The van der Waals surface area contributed by atoms with Crippen molar-refractivity contribution in [3.8, 4) is 5.75 Å². The molecule has 1 aromatic rings.